The minimum Gasteiger partial charge on any atom is -0.378 e. The first-order chi connectivity index (χ1) is 9.09. The zero-order chi connectivity index (χ0) is 14.3. The number of hydrogen-bond acceptors (Lipinski definition) is 5. The highest BCUT2D eigenvalue weighted by Crippen LogP contribution is 2.26. The standard InChI is InChI=1S/C14H25N3O2/c1-6-8-15-12-9-11(10-18-4)16-13(17-12)14(3,7-2)19-5/h9H,6-8,10H2,1-5H3,(H,15,16,17). The second-order valence-electron chi connectivity index (χ2n) is 4.72. The Morgan fingerprint density at radius 1 is 1.26 bits per heavy atom. The lowest BCUT2D eigenvalue weighted by atomic mass is 10.0. The van der Waals surface area contributed by atoms with Gasteiger partial charge in [0, 0.05) is 26.8 Å². The summed E-state index contributed by atoms with van der Waals surface area (Å²) in [7, 11) is 3.35. The van der Waals surface area contributed by atoms with Gasteiger partial charge < -0.3 is 14.8 Å². The summed E-state index contributed by atoms with van der Waals surface area (Å²) in [6.45, 7) is 7.55. The van der Waals surface area contributed by atoms with Crippen LogP contribution < -0.4 is 5.32 Å². The molecule has 0 amide bonds. The second-order valence-corrected chi connectivity index (χ2v) is 4.72. The highest BCUT2D eigenvalue weighted by atomic mass is 16.5. The van der Waals surface area contributed by atoms with Crippen LogP contribution in [0.5, 0.6) is 0 Å². The first-order valence-electron chi connectivity index (χ1n) is 6.76. The average Bonchev–Trinajstić information content (AvgIpc) is 2.44. The van der Waals surface area contributed by atoms with Crippen LogP contribution in [0.4, 0.5) is 5.82 Å². The SMILES string of the molecule is CCCNc1cc(COC)nc(C(C)(CC)OC)n1. The fraction of sp³-hybridized carbons (Fsp3) is 0.714. The molecule has 0 aliphatic rings. The molecule has 0 bridgehead atoms. The molecule has 1 heterocycles. The molecule has 19 heavy (non-hydrogen) atoms. The van der Waals surface area contributed by atoms with Gasteiger partial charge in [0.2, 0.25) is 0 Å². The van der Waals surface area contributed by atoms with E-state index < -0.39 is 5.60 Å². The van der Waals surface area contributed by atoms with Crippen molar-refractivity contribution in [2.45, 2.75) is 45.8 Å². The fourth-order valence-corrected chi connectivity index (χ4v) is 1.69. The van der Waals surface area contributed by atoms with Crippen LogP contribution in [0.25, 0.3) is 0 Å². The lowest BCUT2D eigenvalue weighted by molar-refractivity contribution is -0.00928. The number of aromatic nitrogens is 2. The molecule has 0 spiro atoms. The zero-order valence-electron chi connectivity index (χ0n) is 12.6. The van der Waals surface area contributed by atoms with Crippen molar-refractivity contribution in [3.63, 3.8) is 0 Å². The Morgan fingerprint density at radius 2 is 2.00 bits per heavy atom. The van der Waals surface area contributed by atoms with Gasteiger partial charge in [-0.25, -0.2) is 9.97 Å². The van der Waals surface area contributed by atoms with Gasteiger partial charge in [0.1, 0.15) is 11.4 Å². The summed E-state index contributed by atoms with van der Waals surface area (Å²) >= 11 is 0. The number of nitrogens with zero attached hydrogens (tertiary/aromatic N) is 2. The van der Waals surface area contributed by atoms with Gasteiger partial charge in [-0.1, -0.05) is 13.8 Å². The van der Waals surface area contributed by atoms with E-state index in [1.807, 2.05) is 13.0 Å². The molecule has 108 valence electrons. The highest BCUT2D eigenvalue weighted by Gasteiger charge is 2.28. The number of anilines is 1. The van der Waals surface area contributed by atoms with Crippen molar-refractivity contribution >= 4 is 5.82 Å². The second kappa shape index (κ2) is 7.40. The van der Waals surface area contributed by atoms with Gasteiger partial charge in [-0.05, 0) is 19.8 Å². The molecule has 1 N–H and O–H groups in total. The molecule has 1 aromatic heterocycles. The van der Waals surface area contributed by atoms with Crippen LogP contribution >= 0.6 is 0 Å². The van der Waals surface area contributed by atoms with E-state index in [2.05, 4.69) is 29.1 Å². The van der Waals surface area contributed by atoms with E-state index >= 15 is 0 Å². The lowest BCUT2D eigenvalue weighted by Gasteiger charge is -2.25. The van der Waals surface area contributed by atoms with Crippen LogP contribution in [0.2, 0.25) is 0 Å². The number of ether oxygens (including phenoxy) is 2. The summed E-state index contributed by atoms with van der Waals surface area (Å²) in [5.41, 5.74) is 0.398. The molecule has 5 heteroatoms. The lowest BCUT2D eigenvalue weighted by Crippen LogP contribution is -2.27. The van der Waals surface area contributed by atoms with Gasteiger partial charge in [-0.2, -0.15) is 0 Å². The largest absolute Gasteiger partial charge is 0.378 e. The molecule has 0 aromatic carbocycles. The zero-order valence-corrected chi connectivity index (χ0v) is 12.6. The average molecular weight is 267 g/mol. The van der Waals surface area contributed by atoms with Crippen LogP contribution in [-0.2, 0) is 21.7 Å². The Bertz CT molecular complexity index is 392. The number of methoxy groups -OCH3 is 2. The molecule has 1 atom stereocenters. The van der Waals surface area contributed by atoms with E-state index in [-0.39, 0.29) is 0 Å². The maximum Gasteiger partial charge on any atom is 0.162 e. The van der Waals surface area contributed by atoms with Crippen molar-refractivity contribution < 1.29 is 9.47 Å². The molecule has 0 radical (unpaired) electrons. The van der Waals surface area contributed by atoms with Gasteiger partial charge in [-0.3, -0.25) is 0 Å². The molecule has 0 saturated heterocycles. The normalized spacial score (nSPS) is 14.2. The minimum atomic E-state index is -0.466. The number of rotatable bonds is 8. The van der Waals surface area contributed by atoms with Crippen LogP contribution in [0.3, 0.4) is 0 Å². The Hall–Kier alpha value is -1.20. The predicted molar refractivity (Wildman–Crippen MR) is 76.2 cm³/mol. The van der Waals surface area contributed by atoms with E-state index in [1.165, 1.54) is 0 Å². The van der Waals surface area contributed by atoms with Crippen LogP contribution in [0.1, 0.15) is 45.1 Å². The molecule has 0 saturated carbocycles. The van der Waals surface area contributed by atoms with E-state index in [0.717, 1.165) is 30.9 Å². The quantitative estimate of drug-likeness (QED) is 0.785. The maximum atomic E-state index is 5.57. The first-order valence-corrected chi connectivity index (χ1v) is 6.76. The van der Waals surface area contributed by atoms with Crippen molar-refractivity contribution in [1.82, 2.24) is 9.97 Å². The monoisotopic (exact) mass is 267 g/mol. The van der Waals surface area contributed by atoms with Gasteiger partial charge in [-0.15, -0.1) is 0 Å². The smallest absolute Gasteiger partial charge is 0.162 e. The van der Waals surface area contributed by atoms with E-state index in [9.17, 15) is 0 Å². The third-order valence-electron chi connectivity index (χ3n) is 3.23. The maximum absolute atomic E-state index is 5.57. The molecule has 1 unspecified atom stereocenters. The summed E-state index contributed by atoms with van der Waals surface area (Å²) < 4.78 is 10.7. The Morgan fingerprint density at radius 3 is 2.53 bits per heavy atom. The number of nitrogens with one attached hydrogen (secondary N) is 1. The van der Waals surface area contributed by atoms with Crippen molar-refractivity contribution in [3.05, 3.63) is 17.6 Å². The predicted octanol–water partition coefficient (Wildman–Crippen LogP) is 2.72. The third-order valence-corrected chi connectivity index (χ3v) is 3.23. The Kier molecular flexibility index (Phi) is 6.18. The molecule has 5 nitrogen and oxygen atoms in total. The van der Waals surface area contributed by atoms with E-state index in [4.69, 9.17) is 9.47 Å². The van der Waals surface area contributed by atoms with Gasteiger partial charge in [0.25, 0.3) is 0 Å². The Labute approximate surface area is 115 Å². The van der Waals surface area contributed by atoms with Gasteiger partial charge in [0.05, 0.1) is 12.3 Å². The van der Waals surface area contributed by atoms with Crippen LogP contribution in [0, 0.1) is 0 Å². The molecule has 1 rings (SSSR count). The molecular weight excluding hydrogens is 242 g/mol. The summed E-state index contributed by atoms with van der Waals surface area (Å²) in [4.78, 5) is 9.11. The minimum absolute atomic E-state index is 0.466. The molecule has 1 aromatic rings. The summed E-state index contributed by atoms with van der Waals surface area (Å²) in [6.07, 6.45) is 1.86. The van der Waals surface area contributed by atoms with E-state index in [1.54, 1.807) is 14.2 Å². The highest BCUT2D eigenvalue weighted by molar-refractivity contribution is 5.36. The van der Waals surface area contributed by atoms with E-state index in [0.29, 0.717) is 12.4 Å². The van der Waals surface area contributed by atoms with Crippen molar-refractivity contribution in [2.24, 2.45) is 0 Å². The summed E-state index contributed by atoms with van der Waals surface area (Å²) in [5, 5.41) is 3.29. The van der Waals surface area contributed by atoms with Gasteiger partial charge in [0.15, 0.2) is 5.82 Å². The van der Waals surface area contributed by atoms with Crippen molar-refractivity contribution in [2.75, 3.05) is 26.1 Å². The van der Waals surface area contributed by atoms with Crippen molar-refractivity contribution in [3.8, 4) is 0 Å². The van der Waals surface area contributed by atoms with Gasteiger partial charge >= 0.3 is 0 Å². The molecular formula is C14H25N3O2. The molecule has 0 fully saturated rings. The Balaban J connectivity index is 3.11. The molecule has 0 aliphatic carbocycles. The topological polar surface area (TPSA) is 56.3 Å². The van der Waals surface area contributed by atoms with Crippen LogP contribution in [-0.4, -0.2) is 30.7 Å². The first kappa shape index (κ1) is 15.9. The fourth-order valence-electron chi connectivity index (χ4n) is 1.69. The summed E-state index contributed by atoms with van der Waals surface area (Å²) in [5.74, 6) is 1.53. The van der Waals surface area contributed by atoms with Crippen molar-refractivity contribution in [1.29, 1.82) is 0 Å². The third kappa shape index (κ3) is 4.14. The van der Waals surface area contributed by atoms with Crippen LogP contribution in [0.15, 0.2) is 6.07 Å². The summed E-state index contributed by atoms with van der Waals surface area (Å²) in [6, 6.07) is 1.92. The molecule has 0 aliphatic heterocycles. The number of hydrogen-bond donors (Lipinski definition) is 1.